The topological polar surface area (TPSA) is 59.3 Å². The van der Waals surface area contributed by atoms with E-state index in [2.05, 4.69) is 12.2 Å². The van der Waals surface area contributed by atoms with Gasteiger partial charge in [-0.05, 0) is 32.0 Å². The van der Waals surface area contributed by atoms with E-state index in [1.165, 1.54) is 6.26 Å². The Labute approximate surface area is 103 Å². The van der Waals surface area contributed by atoms with Gasteiger partial charge in [0.2, 0.25) is 0 Å². The summed E-state index contributed by atoms with van der Waals surface area (Å²) in [4.78, 5) is 0. The molecule has 2 atom stereocenters. The monoisotopic (exact) mass is 259 g/mol. The molecule has 1 rings (SSSR count). The number of hydrogen-bond donors (Lipinski definition) is 1. The third-order valence-electron chi connectivity index (χ3n) is 2.90. The molecule has 17 heavy (non-hydrogen) atoms. The standard InChI is InChI=1S/C12H21NO3S/c1-4-7-13-12(10(2)17(3,14)15)9-11-6-5-8-16-11/h5-6,8,10,12-13H,4,7,9H2,1-3H3. The third kappa shape index (κ3) is 4.52. The number of hydrogen-bond acceptors (Lipinski definition) is 4. The molecule has 5 heteroatoms. The van der Waals surface area contributed by atoms with Crippen LogP contribution in [0.15, 0.2) is 22.8 Å². The summed E-state index contributed by atoms with van der Waals surface area (Å²) in [6.07, 6.45) is 4.46. The molecule has 0 bridgehead atoms. The molecule has 2 unspecified atom stereocenters. The van der Waals surface area contributed by atoms with Crippen molar-refractivity contribution in [2.45, 2.75) is 38.0 Å². The highest BCUT2D eigenvalue weighted by molar-refractivity contribution is 7.91. The van der Waals surface area contributed by atoms with Crippen LogP contribution in [-0.2, 0) is 16.3 Å². The van der Waals surface area contributed by atoms with Crippen molar-refractivity contribution < 1.29 is 12.8 Å². The predicted molar refractivity (Wildman–Crippen MR) is 68.8 cm³/mol. The van der Waals surface area contributed by atoms with E-state index in [0.717, 1.165) is 18.7 Å². The van der Waals surface area contributed by atoms with Crippen molar-refractivity contribution in [3.63, 3.8) is 0 Å². The predicted octanol–water partition coefficient (Wildman–Crippen LogP) is 1.62. The van der Waals surface area contributed by atoms with Gasteiger partial charge in [0.1, 0.15) is 5.76 Å². The van der Waals surface area contributed by atoms with Crippen molar-refractivity contribution in [3.8, 4) is 0 Å². The molecule has 0 amide bonds. The van der Waals surface area contributed by atoms with E-state index in [-0.39, 0.29) is 6.04 Å². The second-order valence-electron chi connectivity index (χ2n) is 4.38. The molecule has 0 aromatic carbocycles. The minimum absolute atomic E-state index is 0.101. The largest absolute Gasteiger partial charge is 0.469 e. The highest BCUT2D eigenvalue weighted by Crippen LogP contribution is 2.12. The van der Waals surface area contributed by atoms with Crippen LogP contribution in [0.4, 0.5) is 0 Å². The fourth-order valence-corrected chi connectivity index (χ4v) is 2.47. The molecule has 1 N–H and O–H groups in total. The Morgan fingerprint density at radius 3 is 2.65 bits per heavy atom. The lowest BCUT2D eigenvalue weighted by molar-refractivity contribution is 0.430. The van der Waals surface area contributed by atoms with E-state index < -0.39 is 15.1 Å². The Hall–Kier alpha value is -0.810. The van der Waals surface area contributed by atoms with Crippen LogP contribution in [0.3, 0.4) is 0 Å². The number of rotatable bonds is 7. The Morgan fingerprint density at radius 1 is 1.47 bits per heavy atom. The lowest BCUT2D eigenvalue weighted by Gasteiger charge is -2.23. The van der Waals surface area contributed by atoms with Crippen LogP contribution < -0.4 is 5.32 Å². The zero-order valence-electron chi connectivity index (χ0n) is 10.6. The van der Waals surface area contributed by atoms with E-state index >= 15 is 0 Å². The molecule has 0 fully saturated rings. The van der Waals surface area contributed by atoms with E-state index in [1.807, 2.05) is 12.1 Å². The fraction of sp³-hybridized carbons (Fsp3) is 0.667. The second kappa shape index (κ2) is 6.21. The molecule has 0 radical (unpaired) electrons. The number of furan rings is 1. The number of nitrogens with one attached hydrogen (secondary N) is 1. The van der Waals surface area contributed by atoms with Gasteiger partial charge < -0.3 is 9.73 Å². The van der Waals surface area contributed by atoms with Crippen LogP contribution in [0.5, 0.6) is 0 Å². The minimum Gasteiger partial charge on any atom is -0.469 e. The summed E-state index contributed by atoms with van der Waals surface area (Å²) < 4.78 is 28.5. The molecule has 4 nitrogen and oxygen atoms in total. The highest BCUT2D eigenvalue weighted by atomic mass is 32.2. The van der Waals surface area contributed by atoms with Crippen LogP contribution in [0.25, 0.3) is 0 Å². The lowest BCUT2D eigenvalue weighted by Crippen LogP contribution is -2.44. The quantitative estimate of drug-likeness (QED) is 0.808. The van der Waals surface area contributed by atoms with Gasteiger partial charge in [0.25, 0.3) is 0 Å². The Balaban J connectivity index is 2.73. The first-order valence-corrected chi connectivity index (χ1v) is 7.85. The van der Waals surface area contributed by atoms with Gasteiger partial charge >= 0.3 is 0 Å². The van der Waals surface area contributed by atoms with Crippen LogP contribution in [0.1, 0.15) is 26.0 Å². The van der Waals surface area contributed by atoms with Crippen LogP contribution in [0.2, 0.25) is 0 Å². The molecular formula is C12H21NO3S. The maximum atomic E-state index is 11.6. The Bertz CT molecular complexity index is 411. The molecular weight excluding hydrogens is 238 g/mol. The average Bonchev–Trinajstić information content (AvgIpc) is 2.74. The molecule has 1 aromatic heterocycles. The third-order valence-corrected chi connectivity index (χ3v) is 4.58. The first-order valence-electron chi connectivity index (χ1n) is 5.89. The summed E-state index contributed by atoms with van der Waals surface area (Å²) in [5.41, 5.74) is 0. The summed E-state index contributed by atoms with van der Waals surface area (Å²) in [5.74, 6) is 0.814. The van der Waals surface area contributed by atoms with E-state index in [1.54, 1.807) is 13.2 Å². The zero-order chi connectivity index (χ0) is 12.9. The molecule has 1 aromatic rings. The van der Waals surface area contributed by atoms with Crippen molar-refractivity contribution in [1.29, 1.82) is 0 Å². The SMILES string of the molecule is CCCNC(Cc1ccco1)C(C)S(C)(=O)=O. The van der Waals surface area contributed by atoms with E-state index in [0.29, 0.717) is 6.42 Å². The highest BCUT2D eigenvalue weighted by Gasteiger charge is 2.26. The van der Waals surface area contributed by atoms with Crippen molar-refractivity contribution in [1.82, 2.24) is 5.32 Å². The van der Waals surface area contributed by atoms with Gasteiger partial charge in [0, 0.05) is 18.7 Å². The first kappa shape index (κ1) is 14.3. The summed E-state index contributed by atoms with van der Waals surface area (Å²) >= 11 is 0. The van der Waals surface area contributed by atoms with Gasteiger partial charge in [-0.25, -0.2) is 8.42 Å². The Morgan fingerprint density at radius 2 is 2.18 bits per heavy atom. The summed E-state index contributed by atoms with van der Waals surface area (Å²) in [5, 5.41) is 2.86. The van der Waals surface area contributed by atoms with Gasteiger partial charge in [-0.1, -0.05) is 6.92 Å². The van der Waals surface area contributed by atoms with Gasteiger partial charge in [-0.3, -0.25) is 0 Å². The molecule has 98 valence electrons. The molecule has 0 spiro atoms. The normalized spacial score (nSPS) is 15.7. The van der Waals surface area contributed by atoms with Gasteiger partial charge in [0.15, 0.2) is 9.84 Å². The molecule has 1 heterocycles. The molecule has 0 aliphatic heterocycles. The maximum absolute atomic E-state index is 11.6. The van der Waals surface area contributed by atoms with Gasteiger partial charge in [-0.15, -0.1) is 0 Å². The summed E-state index contributed by atoms with van der Waals surface area (Å²) in [6, 6.07) is 3.59. The zero-order valence-corrected chi connectivity index (χ0v) is 11.5. The minimum atomic E-state index is -3.04. The van der Waals surface area contributed by atoms with Crippen LogP contribution in [0, 0.1) is 0 Å². The van der Waals surface area contributed by atoms with Crippen LogP contribution in [-0.4, -0.2) is 32.5 Å². The average molecular weight is 259 g/mol. The van der Waals surface area contributed by atoms with Gasteiger partial charge in [-0.2, -0.15) is 0 Å². The maximum Gasteiger partial charge on any atom is 0.151 e. The molecule has 0 aliphatic carbocycles. The van der Waals surface area contributed by atoms with E-state index in [9.17, 15) is 8.42 Å². The summed E-state index contributed by atoms with van der Waals surface area (Å²) in [6.45, 7) is 4.61. The molecule has 0 saturated heterocycles. The Kier molecular flexibility index (Phi) is 5.21. The first-order chi connectivity index (χ1) is 7.95. The van der Waals surface area contributed by atoms with E-state index in [4.69, 9.17) is 4.42 Å². The summed E-state index contributed by atoms with van der Waals surface area (Å²) in [7, 11) is -3.04. The van der Waals surface area contributed by atoms with Crippen molar-refractivity contribution in [3.05, 3.63) is 24.2 Å². The van der Waals surface area contributed by atoms with Crippen molar-refractivity contribution in [2.75, 3.05) is 12.8 Å². The van der Waals surface area contributed by atoms with Crippen molar-refractivity contribution in [2.24, 2.45) is 0 Å². The molecule has 0 aliphatic rings. The smallest absolute Gasteiger partial charge is 0.151 e. The second-order valence-corrected chi connectivity index (χ2v) is 6.78. The fourth-order valence-electron chi connectivity index (χ4n) is 1.68. The van der Waals surface area contributed by atoms with Crippen LogP contribution >= 0.6 is 0 Å². The van der Waals surface area contributed by atoms with Gasteiger partial charge in [0.05, 0.1) is 11.5 Å². The lowest BCUT2D eigenvalue weighted by atomic mass is 10.1. The van der Waals surface area contributed by atoms with Crippen molar-refractivity contribution >= 4 is 9.84 Å². The molecule has 0 saturated carbocycles. The number of sulfone groups is 1.